The first-order valence-corrected chi connectivity index (χ1v) is 12.6. The lowest BCUT2D eigenvalue weighted by atomic mass is 9.89. The van der Waals surface area contributed by atoms with Crippen LogP contribution in [0.25, 0.3) is 10.2 Å². The first-order valence-electron chi connectivity index (χ1n) is 10.8. The highest BCUT2D eigenvalue weighted by Crippen LogP contribution is 2.27. The summed E-state index contributed by atoms with van der Waals surface area (Å²) in [6.45, 7) is 2.74. The molecule has 1 aliphatic rings. The molecule has 0 bridgehead atoms. The molecule has 0 spiro atoms. The first kappa shape index (κ1) is 21.8. The van der Waals surface area contributed by atoms with Crippen LogP contribution < -0.4 is 10.6 Å². The second-order valence-corrected chi connectivity index (χ2v) is 10.2. The minimum Gasteiger partial charge on any atom is -0.355 e. The average molecular weight is 454 g/mol. The SMILES string of the molecule is Cc1nc2ccc(NC(=O)c3ccccc3SCC(=O)NCC3CCCCC3)cc2s1. The van der Waals surface area contributed by atoms with Gasteiger partial charge in [-0.1, -0.05) is 31.4 Å². The van der Waals surface area contributed by atoms with Gasteiger partial charge in [0.25, 0.3) is 5.91 Å². The molecule has 2 N–H and O–H groups in total. The van der Waals surface area contributed by atoms with Gasteiger partial charge < -0.3 is 10.6 Å². The van der Waals surface area contributed by atoms with Crippen molar-refractivity contribution < 1.29 is 9.59 Å². The number of carbonyl (C=O) groups excluding carboxylic acids is 2. The Bertz CT molecular complexity index is 1070. The Balaban J connectivity index is 1.35. The fourth-order valence-corrected chi connectivity index (χ4v) is 5.69. The van der Waals surface area contributed by atoms with Gasteiger partial charge in [-0.25, -0.2) is 4.98 Å². The number of amides is 2. The van der Waals surface area contributed by atoms with Crippen LogP contribution in [0.15, 0.2) is 47.4 Å². The second-order valence-electron chi connectivity index (χ2n) is 7.96. The van der Waals surface area contributed by atoms with Crippen LogP contribution in [0.4, 0.5) is 5.69 Å². The lowest BCUT2D eigenvalue weighted by Crippen LogP contribution is -2.31. The molecule has 0 unspecified atom stereocenters. The number of hydrogen-bond acceptors (Lipinski definition) is 5. The van der Waals surface area contributed by atoms with Crippen molar-refractivity contribution in [1.29, 1.82) is 0 Å². The van der Waals surface area contributed by atoms with E-state index in [2.05, 4.69) is 15.6 Å². The molecule has 2 amide bonds. The van der Waals surface area contributed by atoms with Gasteiger partial charge in [-0.05, 0) is 56.0 Å². The Labute approximate surface area is 191 Å². The topological polar surface area (TPSA) is 71.1 Å². The molecule has 7 heteroatoms. The molecule has 1 aliphatic carbocycles. The summed E-state index contributed by atoms with van der Waals surface area (Å²) in [5.41, 5.74) is 2.26. The summed E-state index contributed by atoms with van der Waals surface area (Å²) in [4.78, 5) is 30.5. The smallest absolute Gasteiger partial charge is 0.256 e. The summed E-state index contributed by atoms with van der Waals surface area (Å²) in [6, 6.07) is 13.2. The number of fused-ring (bicyclic) bond motifs is 1. The van der Waals surface area contributed by atoms with Gasteiger partial charge >= 0.3 is 0 Å². The van der Waals surface area contributed by atoms with E-state index in [0.717, 1.165) is 32.4 Å². The zero-order chi connectivity index (χ0) is 21.6. The van der Waals surface area contributed by atoms with Gasteiger partial charge in [0.2, 0.25) is 5.91 Å². The van der Waals surface area contributed by atoms with E-state index in [1.165, 1.54) is 43.9 Å². The van der Waals surface area contributed by atoms with Crippen molar-refractivity contribution in [2.45, 2.75) is 43.9 Å². The van der Waals surface area contributed by atoms with Crippen LogP contribution in [-0.4, -0.2) is 29.1 Å². The van der Waals surface area contributed by atoms with Crippen LogP contribution in [0.3, 0.4) is 0 Å². The van der Waals surface area contributed by atoms with E-state index in [-0.39, 0.29) is 11.8 Å². The number of rotatable bonds is 7. The van der Waals surface area contributed by atoms with Gasteiger partial charge in [-0.15, -0.1) is 23.1 Å². The van der Waals surface area contributed by atoms with Crippen molar-refractivity contribution in [2.24, 2.45) is 5.92 Å². The molecule has 162 valence electrons. The van der Waals surface area contributed by atoms with Crippen molar-refractivity contribution >= 4 is 50.8 Å². The number of aryl methyl sites for hydroxylation is 1. The molecule has 0 radical (unpaired) electrons. The summed E-state index contributed by atoms with van der Waals surface area (Å²) in [7, 11) is 0. The van der Waals surface area contributed by atoms with Crippen molar-refractivity contribution in [3.05, 3.63) is 53.0 Å². The third-order valence-electron chi connectivity index (χ3n) is 5.56. The van der Waals surface area contributed by atoms with Crippen LogP contribution in [0.5, 0.6) is 0 Å². The molecular formula is C24H27N3O2S2. The molecule has 1 heterocycles. The Morgan fingerprint density at radius 1 is 1.13 bits per heavy atom. The lowest BCUT2D eigenvalue weighted by Gasteiger charge is -2.21. The maximum Gasteiger partial charge on any atom is 0.256 e. The number of carbonyl (C=O) groups is 2. The predicted octanol–water partition coefficient (Wildman–Crippen LogP) is 5.65. The van der Waals surface area contributed by atoms with Gasteiger partial charge in [0.15, 0.2) is 0 Å². The van der Waals surface area contributed by atoms with Crippen molar-refractivity contribution in [3.8, 4) is 0 Å². The Morgan fingerprint density at radius 3 is 2.77 bits per heavy atom. The Kier molecular flexibility index (Phi) is 7.25. The Morgan fingerprint density at radius 2 is 1.94 bits per heavy atom. The third-order valence-corrected chi connectivity index (χ3v) is 7.56. The molecule has 3 aromatic rings. The predicted molar refractivity (Wildman–Crippen MR) is 129 cm³/mol. The number of benzene rings is 2. The van der Waals surface area contributed by atoms with Crippen LogP contribution in [0.1, 0.15) is 47.5 Å². The van der Waals surface area contributed by atoms with E-state index in [4.69, 9.17) is 0 Å². The number of thioether (sulfide) groups is 1. The molecular weight excluding hydrogens is 426 g/mol. The molecule has 2 aromatic carbocycles. The quantitative estimate of drug-likeness (QED) is 0.454. The van der Waals surface area contributed by atoms with E-state index in [9.17, 15) is 9.59 Å². The summed E-state index contributed by atoms with van der Waals surface area (Å²) in [5.74, 6) is 0.770. The van der Waals surface area contributed by atoms with Crippen LogP contribution in [0, 0.1) is 12.8 Å². The van der Waals surface area contributed by atoms with Gasteiger partial charge in [0.05, 0.1) is 26.5 Å². The second kappa shape index (κ2) is 10.3. The molecule has 0 atom stereocenters. The molecule has 4 rings (SSSR count). The summed E-state index contributed by atoms with van der Waals surface area (Å²) < 4.78 is 1.05. The number of hydrogen-bond donors (Lipinski definition) is 2. The largest absolute Gasteiger partial charge is 0.355 e. The van der Waals surface area contributed by atoms with E-state index in [0.29, 0.717) is 17.2 Å². The first-order chi connectivity index (χ1) is 15.1. The number of nitrogens with zero attached hydrogens (tertiary/aromatic N) is 1. The van der Waals surface area contributed by atoms with Gasteiger partial charge in [-0.3, -0.25) is 9.59 Å². The van der Waals surface area contributed by atoms with Crippen LogP contribution in [0.2, 0.25) is 0 Å². The fraction of sp³-hybridized carbons (Fsp3) is 0.375. The number of nitrogens with one attached hydrogen (secondary N) is 2. The number of aromatic nitrogens is 1. The minimum absolute atomic E-state index is 0.0248. The zero-order valence-electron chi connectivity index (χ0n) is 17.6. The standard InChI is InChI=1S/C24H27N3O2S2/c1-16-26-20-12-11-18(13-22(20)31-16)27-24(29)19-9-5-6-10-21(19)30-15-23(28)25-14-17-7-3-2-4-8-17/h5-6,9-13,17H,2-4,7-8,14-15H2,1H3,(H,25,28)(H,27,29). The summed E-state index contributed by atoms with van der Waals surface area (Å²) >= 11 is 3.01. The minimum atomic E-state index is -0.175. The number of thiazole rings is 1. The highest BCUT2D eigenvalue weighted by atomic mass is 32.2. The van der Waals surface area contributed by atoms with Crippen LogP contribution >= 0.6 is 23.1 Å². The highest BCUT2D eigenvalue weighted by Gasteiger charge is 2.16. The molecule has 1 aromatic heterocycles. The van der Waals surface area contributed by atoms with E-state index in [1.54, 1.807) is 17.4 Å². The number of anilines is 1. The summed E-state index contributed by atoms with van der Waals surface area (Å²) in [6.07, 6.45) is 6.28. The molecule has 1 saturated carbocycles. The van der Waals surface area contributed by atoms with Gasteiger partial charge in [-0.2, -0.15) is 0 Å². The van der Waals surface area contributed by atoms with Gasteiger partial charge in [0, 0.05) is 17.1 Å². The third kappa shape index (κ3) is 5.86. The van der Waals surface area contributed by atoms with Gasteiger partial charge in [0.1, 0.15) is 0 Å². The van der Waals surface area contributed by atoms with Crippen molar-refractivity contribution in [1.82, 2.24) is 10.3 Å². The van der Waals surface area contributed by atoms with Crippen molar-refractivity contribution in [2.75, 3.05) is 17.6 Å². The normalized spacial score (nSPS) is 14.5. The molecule has 0 saturated heterocycles. The zero-order valence-corrected chi connectivity index (χ0v) is 19.3. The molecule has 1 fully saturated rings. The maximum absolute atomic E-state index is 12.9. The van der Waals surface area contributed by atoms with Crippen molar-refractivity contribution in [3.63, 3.8) is 0 Å². The van der Waals surface area contributed by atoms with E-state index < -0.39 is 0 Å². The maximum atomic E-state index is 12.9. The molecule has 31 heavy (non-hydrogen) atoms. The van der Waals surface area contributed by atoms with Crippen LogP contribution in [-0.2, 0) is 4.79 Å². The van der Waals surface area contributed by atoms with E-state index in [1.807, 2.05) is 43.3 Å². The fourth-order valence-electron chi connectivity index (χ4n) is 3.94. The molecule has 5 nitrogen and oxygen atoms in total. The Hall–Kier alpha value is -2.38. The lowest BCUT2D eigenvalue weighted by molar-refractivity contribution is -0.118. The van der Waals surface area contributed by atoms with E-state index >= 15 is 0 Å². The summed E-state index contributed by atoms with van der Waals surface area (Å²) in [5, 5.41) is 7.05. The highest BCUT2D eigenvalue weighted by molar-refractivity contribution is 8.00. The average Bonchev–Trinajstić information content (AvgIpc) is 3.16. The monoisotopic (exact) mass is 453 g/mol. The molecule has 0 aliphatic heterocycles.